The van der Waals surface area contributed by atoms with E-state index in [2.05, 4.69) is 0 Å². The minimum absolute atomic E-state index is 0. The van der Waals surface area contributed by atoms with Crippen molar-refractivity contribution in [2.24, 2.45) is 0 Å². The topological polar surface area (TPSA) is 54.4 Å². The van der Waals surface area contributed by atoms with Gasteiger partial charge in [0.15, 0.2) is 0 Å². The van der Waals surface area contributed by atoms with Crippen molar-refractivity contribution >= 4 is 47.9 Å². The molecule has 0 spiro atoms. The molecule has 0 aromatic heterocycles. The summed E-state index contributed by atoms with van der Waals surface area (Å²) < 4.78 is 57.5. The van der Waals surface area contributed by atoms with Crippen LogP contribution in [0.4, 0.5) is 13.2 Å². The molecule has 0 amide bonds. The Labute approximate surface area is 79.0 Å². The predicted molar refractivity (Wildman–Crippen MR) is 23.4 cm³/mol. The maximum Gasteiger partial charge on any atom is 0.522 e. The molecule has 9 heavy (non-hydrogen) atoms. The van der Waals surface area contributed by atoms with Crippen LogP contribution in [0, 0.1) is 0 Å². The fraction of sp³-hybridized carbons (Fsp3) is 1.00. The Morgan fingerprint density at radius 3 is 1.33 bits per heavy atom. The Morgan fingerprint density at radius 1 is 1.22 bits per heavy atom. The maximum atomic E-state index is 10.7. The summed E-state index contributed by atoms with van der Waals surface area (Å²) in [6, 6.07) is 0. The van der Waals surface area contributed by atoms with Gasteiger partial charge in [0.05, 0.1) is 0 Å². The molecule has 0 fully saturated rings. The van der Waals surface area contributed by atoms with Gasteiger partial charge in [-0.3, -0.25) is 4.55 Å². The van der Waals surface area contributed by atoms with Gasteiger partial charge in [0.1, 0.15) is 0 Å². The van der Waals surface area contributed by atoms with E-state index in [4.69, 9.17) is 13.0 Å². The Morgan fingerprint density at radius 2 is 1.33 bits per heavy atom. The molecule has 0 aliphatic carbocycles. The quantitative estimate of drug-likeness (QED) is 0.332. The largest absolute Gasteiger partial charge is 0.522 e. The molecule has 0 unspecified atom stereocenters. The fourth-order valence-electron chi connectivity index (χ4n) is 0. The van der Waals surface area contributed by atoms with Crippen molar-refractivity contribution in [2.75, 3.05) is 0 Å². The first-order valence-corrected chi connectivity index (χ1v) is 2.73. The van der Waals surface area contributed by atoms with Gasteiger partial charge >= 0.3 is 15.6 Å². The van der Waals surface area contributed by atoms with Crippen molar-refractivity contribution in [3.8, 4) is 0 Å². The Kier molecular flexibility index (Phi) is 4.74. The predicted octanol–water partition coefficient (Wildman–Crippen LogP) is 0.0132. The second-order valence-corrected chi connectivity index (χ2v) is 2.33. The number of halogens is 3. The van der Waals surface area contributed by atoms with Gasteiger partial charge in [-0.05, 0) is 0 Å². The summed E-state index contributed by atoms with van der Waals surface area (Å²) >= 11 is 0. The second kappa shape index (κ2) is 3.38. The first-order valence-electron chi connectivity index (χ1n) is 1.29. The monoisotopic (exact) mass is 190 g/mol. The van der Waals surface area contributed by atoms with Crippen LogP contribution in [0.2, 0.25) is 0 Å². The number of alkyl halides is 3. The first-order chi connectivity index (χ1) is 3.25. The smallest absolute Gasteiger partial charge is 0.279 e. The molecule has 0 heterocycles. The third-order valence-electron chi connectivity index (χ3n) is 0.292. The fourth-order valence-corrected chi connectivity index (χ4v) is 0. The Balaban J connectivity index is 0. The van der Waals surface area contributed by atoms with Crippen LogP contribution in [0.15, 0.2) is 0 Å². The van der Waals surface area contributed by atoms with Crippen molar-refractivity contribution in [3.05, 3.63) is 0 Å². The SMILES string of the molecule is O=S(=O)(O)C(F)(F)F.[Ca]. The number of rotatable bonds is 0. The summed E-state index contributed by atoms with van der Waals surface area (Å²) in [5.41, 5.74) is -5.53. The zero-order chi connectivity index (χ0) is 7.00. The van der Waals surface area contributed by atoms with Gasteiger partial charge in [0.2, 0.25) is 0 Å². The summed E-state index contributed by atoms with van der Waals surface area (Å²) in [7, 11) is -5.84. The Bertz CT molecular complexity index is 168. The molecule has 0 bridgehead atoms. The van der Waals surface area contributed by atoms with Gasteiger partial charge < -0.3 is 0 Å². The normalized spacial score (nSPS) is 12.4. The van der Waals surface area contributed by atoms with Gasteiger partial charge in [0, 0.05) is 37.7 Å². The molecule has 0 aliphatic heterocycles. The van der Waals surface area contributed by atoms with Gasteiger partial charge in [-0.25, -0.2) is 0 Å². The van der Waals surface area contributed by atoms with E-state index >= 15 is 0 Å². The van der Waals surface area contributed by atoms with Crippen LogP contribution in [-0.2, 0) is 10.1 Å². The number of hydrogen-bond donors (Lipinski definition) is 1. The molecule has 2 radical (unpaired) electrons. The van der Waals surface area contributed by atoms with Crippen molar-refractivity contribution in [2.45, 2.75) is 5.51 Å². The van der Waals surface area contributed by atoms with Crippen LogP contribution in [0.25, 0.3) is 0 Å². The van der Waals surface area contributed by atoms with Crippen LogP contribution in [0.5, 0.6) is 0 Å². The summed E-state index contributed by atoms with van der Waals surface area (Å²) in [5.74, 6) is 0. The molecule has 0 aromatic carbocycles. The molecular formula is CHCaF3O3S. The van der Waals surface area contributed by atoms with Gasteiger partial charge in [-0.15, -0.1) is 0 Å². The van der Waals surface area contributed by atoms with Crippen LogP contribution >= 0.6 is 0 Å². The molecular weight excluding hydrogens is 189 g/mol. The summed E-state index contributed by atoms with van der Waals surface area (Å²) in [5, 5.41) is 0. The molecule has 0 aliphatic rings. The van der Waals surface area contributed by atoms with Gasteiger partial charge in [-0.1, -0.05) is 0 Å². The zero-order valence-corrected chi connectivity index (χ0v) is 7.04. The molecule has 0 atom stereocenters. The molecule has 52 valence electrons. The van der Waals surface area contributed by atoms with Gasteiger partial charge in [0.25, 0.3) is 0 Å². The maximum absolute atomic E-state index is 10.7. The van der Waals surface area contributed by atoms with E-state index in [0.717, 1.165) is 0 Å². The summed E-state index contributed by atoms with van der Waals surface area (Å²) in [6.07, 6.45) is 0. The average Bonchev–Trinajstić information content (AvgIpc) is 1.25. The molecule has 8 heteroatoms. The molecule has 0 aromatic rings. The molecule has 0 saturated heterocycles. The van der Waals surface area contributed by atoms with Crippen LogP contribution in [-0.4, -0.2) is 56.2 Å². The average molecular weight is 190 g/mol. The molecule has 3 nitrogen and oxygen atoms in total. The van der Waals surface area contributed by atoms with E-state index in [9.17, 15) is 13.2 Å². The zero-order valence-electron chi connectivity index (χ0n) is 4.01. The van der Waals surface area contributed by atoms with E-state index in [-0.39, 0.29) is 37.7 Å². The van der Waals surface area contributed by atoms with Crippen LogP contribution in [0.3, 0.4) is 0 Å². The van der Waals surface area contributed by atoms with Crippen LogP contribution < -0.4 is 0 Å². The first kappa shape index (κ1) is 12.6. The van der Waals surface area contributed by atoms with E-state index in [0.29, 0.717) is 0 Å². The third kappa shape index (κ3) is 4.38. The van der Waals surface area contributed by atoms with E-state index in [1.165, 1.54) is 0 Å². The Hall–Kier alpha value is 0.960. The van der Waals surface area contributed by atoms with Crippen molar-refractivity contribution in [3.63, 3.8) is 0 Å². The molecule has 0 saturated carbocycles. The summed E-state index contributed by atoms with van der Waals surface area (Å²) in [6.45, 7) is 0. The van der Waals surface area contributed by atoms with Crippen molar-refractivity contribution in [1.29, 1.82) is 0 Å². The minimum Gasteiger partial charge on any atom is -0.279 e. The molecule has 1 N–H and O–H groups in total. The number of hydrogen-bond acceptors (Lipinski definition) is 2. The molecule has 0 rings (SSSR count). The minimum atomic E-state index is -5.84. The third-order valence-corrected chi connectivity index (χ3v) is 0.877. The van der Waals surface area contributed by atoms with Crippen molar-refractivity contribution < 1.29 is 26.1 Å². The van der Waals surface area contributed by atoms with Crippen LogP contribution in [0.1, 0.15) is 0 Å². The van der Waals surface area contributed by atoms with Gasteiger partial charge in [-0.2, -0.15) is 21.6 Å². The van der Waals surface area contributed by atoms with E-state index in [1.54, 1.807) is 0 Å². The van der Waals surface area contributed by atoms with Crippen molar-refractivity contribution in [1.82, 2.24) is 0 Å². The standard InChI is InChI=1S/CHF3O3S.Ca/c2-1(3,4)8(5,6)7;/h(H,5,6,7);. The second-order valence-electron chi connectivity index (χ2n) is 0.921. The summed E-state index contributed by atoms with van der Waals surface area (Å²) in [4.78, 5) is 0. The van der Waals surface area contributed by atoms with E-state index < -0.39 is 15.6 Å². The van der Waals surface area contributed by atoms with E-state index in [1.807, 2.05) is 0 Å².